The van der Waals surface area contributed by atoms with Crippen molar-refractivity contribution in [2.45, 2.75) is 96.2 Å². The zero-order valence-electron chi connectivity index (χ0n) is 13.4. The molecule has 126 valence electrons. The summed E-state index contributed by atoms with van der Waals surface area (Å²) in [5, 5.41) is 0. The fourth-order valence-corrected chi connectivity index (χ4v) is 3.63. The Morgan fingerprint density at radius 1 is 0.952 bits per heavy atom. The van der Waals surface area contributed by atoms with Crippen molar-refractivity contribution in [1.82, 2.24) is 0 Å². The molecule has 0 saturated heterocycles. The molecule has 0 aromatic heterocycles. The van der Waals surface area contributed by atoms with Crippen molar-refractivity contribution in [3.63, 3.8) is 0 Å². The number of alkyl halides is 3. The number of unbranched alkanes of at least 4 members (excludes halogenated alkanes) is 6. The number of nitrogens with two attached hydrogens (primary N) is 1. The molecule has 1 aliphatic carbocycles. The average Bonchev–Trinajstić information content (AvgIpc) is 2.45. The van der Waals surface area contributed by atoms with E-state index in [1.54, 1.807) is 0 Å². The maximum Gasteiger partial charge on any atom is 0.392 e. The Bertz CT molecular complexity index is 265. The second kappa shape index (κ2) is 9.70. The van der Waals surface area contributed by atoms with E-state index in [-0.39, 0.29) is 18.4 Å². The van der Waals surface area contributed by atoms with Crippen molar-refractivity contribution in [1.29, 1.82) is 0 Å². The van der Waals surface area contributed by atoms with Gasteiger partial charge in [0.2, 0.25) is 0 Å². The van der Waals surface area contributed by atoms with E-state index in [0.29, 0.717) is 12.8 Å². The van der Waals surface area contributed by atoms with E-state index in [1.807, 2.05) is 0 Å². The molecule has 0 aromatic rings. The Labute approximate surface area is 127 Å². The molecule has 0 aliphatic heterocycles. The minimum absolute atomic E-state index is 0.271. The Balaban J connectivity index is 2.24. The van der Waals surface area contributed by atoms with E-state index in [0.717, 1.165) is 25.7 Å². The van der Waals surface area contributed by atoms with E-state index in [1.165, 1.54) is 32.1 Å². The number of hydrogen-bond acceptors (Lipinski definition) is 1. The second-order valence-corrected chi connectivity index (χ2v) is 6.67. The smallest absolute Gasteiger partial charge is 0.327 e. The van der Waals surface area contributed by atoms with Crippen LogP contribution in [0.2, 0.25) is 0 Å². The van der Waals surface area contributed by atoms with Crippen LogP contribution < -0.4 is 5.73 Å². The van der Waals surface area contributed by atoms with Gasteiger partial charge in [0.1, 0.15) is 0 Å². The molecular weight excluding hydrogens is 275 g/mol. The van der Waals surface area contributed by atoms with Crippen LogP contribution in [0, 0.1) is 11.8 Å². The van der Waals surface area contributed by atoms with Gasteiger partial charge in [-0.15, -0.1) is 0 Å². The molecule has 0 amide bonds. The Kier molecular flexibility index (Phi) is 8.69. The van der Waals surface area contributed by atoms with Gasteiger partial charge in [0.05, 0.1) is 5.92 Å². The van der Waals surface area contributed by atoms with E-state index in [9.17, 15) is 13.2 Å². The van der Waals surface area contributed by atoms with Crippen LogP contribution >= 0.6 is 0 Å². The van der Waals surface area contributed by atoms with Crippen molar-refractivity contribution in [2.24, 2.45) is 17.6 Å². The van der Waals surface area contributed by atoms with Crippen molar-refractivity contribution in [2.75, 3.05) is 0 Å². The molecule has 3 unspecified atom stereocenters. The van der Waals surface area contributed by atoms with E-state index in [4.69, 9.17) is 5.73 Å². The summed E-state index contributed by atoms with van der Waals surface area (Å²) in [6.07, 6.45) is 7.57. The molecule has 0 radical (unpaired) electrons. The van der Waals surface area contributed by atoms with Crippen LogP contribution in [0.4, 0.5) is 13.2 Å². The molecule has 1 saturated carbocycles. The predicted octanol–water partition coefficient (Wildman–Crippen LogP) is 5.82. The molecule has 4 heteroatoms. The normalized spacial score (nSPS) is 25.0. The summed E-state index contributed by atoms with van der Waals surface area (Å²) >= 11 is 0. The summed E-state index contributed by atoms with van der Waals surface area (Å²) < 4.78 is 39.2. The van der Waals surface area contributed by atoms with Crippen molar-refractivity contribution in [3.8, 4) is 0 Å². The molecule has 1 aliphatic rings. The zero-order valence-corrected chi connectivity index (χ0v) is 13.4. The van der Waals surface area contributed by atoms with Crippen LogP contribution in [0.3, 0.4) is 0 Å². The highest BCUT2D eigenvalue weighted by Gasteiger charge is 2.46. The molecule has 1 nitrogen and oxygen atoms in total. The molecule has 0 aromatic carbocycles. The van der Waals surface area contributed by atoms with Gasteiger partial charge in [0.25, 0.3) is 0 Å². The highest BCUT2D eigenvalue weighted by molar-refractivity contribution is 4.86. The molecule has 21 heavy (non-hydrogen) atoms. The van der Waals surface area contributed by atoms with Gasteiger partial charge in [-0.2, -0.15) is 13.2 Å². The van der Waals surface area contributed by atoms with Gasteiger partial charge in [-0.1, -0.05) is 64.7 Å². The minimum atomic E-state index is -4.07. The minimum Gasteiger partial charge on any atom is -0.327 e. The van der Waals surface area contributed by atoms with Gasteiger partial charge >= 0.3 is 6.18 Å². The third-order valence-electron chi connectivity index (χ3n) is 4.93. The molecule has 0 heterocycles. The summed E-state index contributed by atoms with van der Waals surface area (Å²) in [7, 11) is 0. The molecule has 1 fully saturated rings. The molecule has 0 bridgehead atoms. The van der Waals surface area contributed by atoms with Crippen LogP contribution in [0.25, 0.3) is 0 Å². The van der Waals surface area contributed by atoms with E-state index < -0.39 is 12.1 Å². The quantitative estimate of drug-likeness (QED) is 0.533. The van der Waals surface area contributed by atoms with Crippen LogP contribution in [-0.4, -0.2) is 12.2 Å². The fourth-order valence-electron chi connectivity index (χ4n) is 3.63. The lowest BCUT2D eigenvalue weighted by atomic mass is 9.74. The summed E-state index contributed by atoms with van der Waals surface area (Å²) in [5.41, 5.74) is 6.10. The van der Waals surface area contributed by atoms with Crippen LogP contribution in [0.15, 0.2) is 0 Å². The van der Waals surface area contributed by atoms with Gasteiger partial charge in [0, 0.05) is 6.04 Å². The van der Waals surface area contributed by atoms with Gasteiger partial charge < -0.3 is 5.73 Å². The highest BCUT2D eigenvalue weighted by atomic mass is 19.4. The Morgan fingerprint density at radius 2 is 1.52 bits per heavy atom. The largest absolute Gasteiger partial charge is 0.392 e. The SMILES string of the molecule is CCCCCCCCCC(N)C1CCCCC1C(F)(F)F. The predicted molar refractivity (Wildman–Crippen MR) is 82.1 cm³/mol. The van der Waals surface area contributed by atoms with Crippen LogP contribution in [0.5, 0.6) is 0 Å². The standard InChI is InChI=1S/C17H32F3N/c1-2-3-4-5-6-7-8-13-16(21)14-11-9-10-12-15(14)17(18,19)20/h14-16H,2-13,21H2,1H3. The van der Waals surface area contributed by atoms with Crippen molar-refractivity contribution >= 4 is 0 Å². The first-order valence-electron chi connectivity index (χ1n) is 8.79. The van der Waals surface area contributed by atoms with Crippen molar-refractivity contribution in [3.05, 3.63) is 0 Å². The van der Waals surface area contributed by atoms with Gasteiger partial charge in [-0.3, -0.25) is 0 Å². The maximum absolute atomic E-state index is 13.1. The monoisotopic (exact) mass is 307 g/mol. The maximum atomic E-state index is 13.1. The third kappa shape index (κ3) is 7.03. The second-order valence-electron chi connectivity index (χ2n) is 6.67. The highest BCUT2D eigenvalue weighted by Crippen LogP contribution is 2.43. The molecular formula is C17H32F3N. The lowest BCUT2D eigenvalue weighted by Crippen LogP contribution is -2.43. The molecule has 1 rings (SSSR count). The Hall–Kier alpha value is -0.250. The number of halogens is 3. The zero-order chi connectivity index (χ0) is 15.7. The van der Waals surface area contributed by atoms with Gasteiger partial charge in [-0.05, 0) is 25.2 Å². The van der Waals surface area contributed by atoms with Crippen LogP contribution in [-0.2, 0) is 0 Å². The first kappa shape index (κ1) is 18.8. The summed E-state index contributed by atoms with van der Waals surface area (Å²) in [5.74, 6) is -1.51. The summed E-state index contributed by atoms with van der Waals surface area (Å²) in [4.78, 5) is 0. The first-order valence-corrected chi connectivity index (χ1v) is 8.79. The van der Waals surface area contributed by atoms with E-state index in [2.05, 4.69) is 6.92 Å². The summed E-state index contributed by atoms with van der Waals surface area (Å²) in [6, 6.07) is -0.271. The first-order chi connectivity index (χ1) is 9.96. The van der Waals surface area contributed by atoms with Crippen molar-refractivity contribution < 1.29 is 13.2 Å². The number of hydrogen-bond donors (Lipinski definition) is 1. The lowest BCUT2D eigenvalue weighted by Gasteiger charge is -2.36. The lowest BCUT2D eigenvalue weighted by molar-refractivity contribution is -0.198. The van der Waals surface area contributed by atoms with Gasteiger partial charge in [0.15, 0.2) is 0 Å². The Morgan fingerprint density at radius 3 is 2.14 bits per heavy atom. The fraction of sp³-hybridized carbons (Fsp3) is 1.00. The summed E-state index contributed by atoms with van der Waals surface area (Å²) in [6.45, 7) is 2.19. The average molecular weight is 307 g/mol. The van der Waals surface area contributed by atoms with Gasteiger partial charge in [-0.25, -0.2) is 0 Å². The molecule has 0 spiro atoms. The third-order valence-corrected chi connectivity index (χ3v) is 4.93. The molecule has 2 N–H and O–H groups in total. The number of rotatable bonds is 9. The van der Waals surface area contributed by atoms with Crippen LogP contribution in [0.1, 0.15) is 84.0 Å². The topological polar surface area (TPSA) is 26.0 Å². The van der Waals surface area contributed by atoms with E-state index >= 15 is 0 Å². The molecule has 3 atom stereocenters.